The molecule has 162 valence electrons. The Hall–Kier alpha value is -0.240. The van der Waals surface area contributed by atoms with Crippen molar-refractivity contribution in [3.8, 4) is 0 Å². The van der Waals surface area contributed by atoms with Crippen LogP contribution in [-0.2, 0) is 18.9 Å². The van der Waals surface area contributed by atoms with Crippen molar-refractivity contribution in [1.82, 2.24) is 0 Å². The largest absolute Gasteiger partial charge is 0.396 e. The van der Waals surface area contributed by atoms with Gasteiger partial charge in [-0.05, 0) is 87.9 Å². The van der Waals surface area contributed by atoms with Crippen LogP contribution in [0, 0.1) is 35.5 Å². The Bertz CT molecular complexity index is 509. The highest BCUT2D eigenvalue weighted by atomic mass is 16.8. The first-order valence-corrected chi connectivity index (χ1v) is 11.0. The minimum absolute atomic E-state index is 0.0356. The van der Waals surface area contributed by atoms with Gasteiger partial charge in [-0.15, -0.1) is 0 Å². The fourth-order valence-corrected chi connectivity index (χ4v) is 6.72. The lowest BCUT2D eigenvalue weighted by atomic mass is 9.56. The molecule has 0 aromatic heterocycles. The van der Waals surface area contributed by atoms with Crippen molar-refractivity contribution in [2.45, 2.75) is 76.2 Å². The summed E-state index contributed by atoms with van der Waals surface area (Å²) < 4.78 is 24.3. The van der Waals surface area contributed by atoms with Crippen molar-refractivity contribution in [3.63, 3.8) is 0 Å². The third-order valence-corrected chi connectivity index (χ3v) is 8.73. The SMILES string of the molecule is CO[C@]1(C)O[C@H]2C[C@H]3C[C@@H]4C[C@H](CO)[C@@H](CO)C[C@@H]4C[C@H]3C[C@@H]2O[C@@]1(C)OC. The number of methoxy groups -OCH3 is 2. The molecule has 4 aliphatic rings. The first kappa shape index (κ1) is 21.0. The van der Waals surface area contributed by atoms with Crippen molar-refractivity contribution < 1.29 is 29.2 Å². The summed E-state index contributed by atoms with van der Waals surface area (Å²) in [5.74, 6) is 1.29. The Labute approximate surface area is 168 Å². The van der Waals surface area contributed by atoms with Crippen LogP contribution < -0.4 is 0 Å². The molecule has 0 aromatic carbocycles. The maximum Gasteiger partial charge on any atom is 0.220 e. The van der Waals surface area contributed by atoms with E-state index in [-0.39, 0.29) is 37.3 Å². The van der Waals surface area contributed by atoms with Crippen molar-refractivity contribution >= 4 is 0 Å². The number of aliphatic hydroxyl groups is 2. The molecule has 1 aliphatic heterocycles. The van der Waals surface area contributed by atoms with Crippen molar-refractivity contribution in [3.05, 3.63) is 0 Å². The third-order valence-electron chi connectivity index (χ3n) is 8.73. The van der Waals surface area contributed by atoms with Gasteiger partial charge >= 0.3 is 0 Å². The van der Waals surface area contributed by atoms with E-state index in [1.165, 1.54) is 12.8 Å². The van der Waals surface area contributed by atoms with E-state index in [1.807, 2.05) is 13.8 Å². The molecule has 0 spiro atoms. The van der Waals surface area contributed by atoms with E-state index in [2.05, 4.69) is 0 Å². The Morgan fingerprint density at radius 2 is 1.04 bits per heavy atom. The molecule has 10 atom stereocenters. The molecular formula is C22H38O6. The summed E-state index contributed by atoms with van der Waals surface area (Å²) in [6.07, 6.45) is 6.61. The van der Waals surface area contributed by atoms with E-state index in [4.69, 9.17) is 18.9 Å². The highest BCUT2D eigenvalue weighted by Gasteiger charge is 2.59. The van der Waals surface area contributed by atoms with Crippen LogP contribution in [0.3, 0.4) is 0 Å². The molecule has 2 N–H and O–H groups in total. The first-order chi connectivity index (χ1) is 13.4. The van der Waals surface area contributed by atoms with Gasteiger partial charge in [-0.1, -0.05) is 0 Å². The van der Waals surface area contributed by atoms with Gasteiger partial charge in [0, 0.05) is 27.4 Å². The predicted molar refractivity (Wildman–Crippen MR) is 103 cm³/mol. The number of ether oxygens (including phenoxy) is 4. The minimum atomic E-state index is -0.922. The molecular weight excluding hydrogens is 360 g/mol. The van der Waals surface area contributed by atoms with Gasteiger partial charge in [-0.2, -0.15) is 0 Å². The van der Waals surface area contributed by atoms with Gasteiger partial charge in [0.15, 0.2) is 0 Å². The maximum absolute atomic E-state index is 9.75. The molecule has 6 heteroatoms. The minimum Gasteiger partial charge on any atom is -0.396 e. The van der Waals surface area contributed by atoms with Crippen LogP contribution in [0.5, 0.6) is 0 Å². The van der Waals surface area contributed by atoms with Crippen LogP contribution in [0.2, 0.25) is 0 Å². The van der Waals surface area contributed by atoms with E-state index in [1.54, 1.807) is 14.2 Å². The summed E-state index contributed by atoms with van der Waals surface area (Å²) in [6, 6.07) is 0. The zero-order chi connectivity index (χ0) is 20.1. The Morgan fingerprint density at radius 3 is 1.36 bits per heavy atom. The fourth-order valence-electron chi connectivity index (χ4n) is 6.72. The van der Waals surface area contributed by atoms with Crippen LogP contribution in [-0.4, -0.2) is 61.4 Å². The quantitative estimate of drug-likeness (QED) is 0.758. The third kappa shape index (κ3) is 3.34. The smallest absolute Gasteiger partial charge is 0.220 e. The van der Waals surface area contributed by atoms with E-state index < -0.39 is 11.6 Å². The van der Waals surface area contributed by atoms with Crippen molar-refractivity contribution in [1.29, 1.82) is 0 Å². The molecule has 0 unspecified atom stereocenters. The molecule has 3 aliphatic carbocycles. The second-order valence-corrected chi connectivity index (χ2v) is 9.95. The lowest BCUT2D eigenvalue weighted by molar-refractivity contribution is -0.454. The molecule has 0 bridgehead atoms. The number of rotatable bonds is 4. The van der Waals surface area contributed by atoms with Crippen molar-refractivity contribution in [2.75, 3.05) is 27.4 Å². The van der Waals surface area contributed by atoms with Gasteiger partial charge in [0.2, 0.25) is 11.6 Å². The Kier molecular flexibility index (Phi) is 5.84. The van der Waals surface area contributed by atoms with E-state index in [0.717, 1.165) is 25.7 Å². The van der Waals surface area contributed by atoms with Gasteiger partial charge in [0.1, 0.15) is 0 Å². The number of fused-ring (bicyclic) bond motifs is 3. The van der Waals surface area contributed by atoms with Gasteiger partial charge in [-0.25, -0.2) is 0 Å². The first-order valence-electron chi connectivity index (χ1n) is 11.0. The number of hydrogen-bond donors (Lipinski definition) is 2. The molecule has 4 fully saturated rings. The second kappa shape index (κ2) is 7.78. The fraction of sp³-hybridized carbons (Fsp3) is 1.00. The average molecular weight is 399 g/mol. The highest BCUT2D eigenvalue weighted by molar-refractivity contribution is 5.00. The Balaban J connectivity index is 1.48. The van der Waals surface area contributed by atoms with Crippen LogP contribution in [0.4, 0.5) is 0 Å². The standard InChI is InChI=1S/C22H38O6/c1-21(25-3)22(2,26-4)28-20-10-16-6-14-8-18(12-24)17(11-23)7-13(14)5-15(16)9-19(20)27-21/h13-20,23-24H,5-12H2,1-4H3/t13-,14+,15-,16+,17-,18-,19+,20+,21-,22-/m1/s1. The molecule has 1 heterocycles. The summed E-state index contributed by atoms with van der Waals surface area (Å²) >= 11 is 0. The molecule has 3 saturated carbocycles. The lowest BCUT2D eigenvalue weighted by Crippen LogP contribution is -2.66. The van der Waals surface area contributed by atoms with E-state index in [9.17, 15) is 10.2 Å². The molecule has 6 nitrogen and oxygen atoms in total. The van der Waals surface area contributed by atoms with Gasteiger partial charge < -0.3 is 29.2 Å². The van der Waals surface area contributed by atoms with Crippen molar-refractivity contribution in [2.24, 2.45) is 35.5 Å². The van der Waals surface area contributed by atoms with Crippen LogP contribution >= 0.6 is 0 Å². The zero-order valence-corrected chi connectivity index (χ0v) is 17.8. The van der Waals surface area contributed by atoms with Gasteiger partial charge in [0.05, 0.1) is 12.2 Å². The summed E-state index contributed by atoms with van der Waals surface area (Å²) in [6.45, 7) is 4.20. The average Bonchev–Trinajstić information content (AvgIpc) is 2.70. The monoisotopic (exact) mass is 398 g/mol. The molecule has 0 radical (unpaired) electrons. The molecule has 0 aromatic rings. The van der Waals surface area contributed by atoms with Gasteiger partial charge in [0.25, 0.3) is 0 Å². The summed E-state index contributed by atoms with van der Waals surface area (Å²) in [7, 11) is 3.29. The second-order valence-electron chi connectivity index (χ2n) is 9.95. The number of hydrogen-bond acceptors (Lipinski definition) is 6. The van der Waals surface area contributed by atoms with Gasteiger partial charge in [-0.3, -0.25) is 0 Å². The topological polar surface area (TPSA) is 77.4 Å². The summed E-state index contributed by atoms with van der Waals surface area (Å²) in [4.78, 5) is 0. The molecule has 0 amide bonds. The number of aliphatic hydroxyl groups excluding tert-OH is 2. The van der Waals surface area contributed by atoms with Crippen LogP contribution in [0.15, 0.2) is 0 Å². The predicted octanol–water partition coefficient (Wildman–Crippen LogP) is 2.56. The summed E-state index contributed by atoms with van der Waals surface area (Å²) in [5.41, 5.74) is 0. The highest BCUT2D eigenvalue weighted by Crippen LogP contribution is 2.55. The van der Waals surface area contributed by atoms with E-state index in [0.29, 0.717) is 23.7 Å². The normalized spacial score (nSPS) is 53.8. The van der Waals surface area contributed by atoms with Crippen LogP contribution in [0.1, 0.15) is 52.4 Å². The lowest BCUT2D eigenvalue weighted by Gasteiger charge is -2.57. The zero-order valence-electron chi connectivity index (χ0n) is 17.8. The molecule has 4 rings (SSSR count). The molecule has 1 saturated heterocycles. The van der Waals surface area contributed by atoms with Crippen LogP contribution in [0.25, 0.3) is 0 Å². The summed E-state index contributed by atoms with van der Waals surface area (Å²) in [5, 5.41) is 19.5. The Morgan fingerprint density at radius 1 is 0.679 bits per heavy atom. The maximum atomic E-state index is 9.75. The molecule has 28 heavy (non-hydrogen) atoms. The van der Waals surface area contributed by atoms with E-state index >= 15 is 0 Å².